The van der Waals surface area contributed by atoms with E-state index in [2.05, 4.69) is 18.8 Å². The highest BCUT2D eigenvalue weighted by Crippen LogP contribution is 2.44. The quantitative estimate of drug-likeness (QED) is 0.642. The summed E-state index contributed by atoms with van der Waals surface area (Å²) in [6.45, 7) is 8.27. The topological polar surface area (TPSA) is 72.2 Å². The summed E-state index contributed by atoms with van der Waals surface area (Å²) in [6, 6.07) is 0. The minimum Gasteiger partial charge on any atom is -0.369 e. The molecule has 2 amide bonds. The van der Waals surface area contributed by atoms with Gasteiger partial charge in [-0.2, -0.15) is 0 Å². The number of hydrogen-bond donors (Lipinski definition) is 2. The van der Waals surface area contributed by atoms with Crippen LogP contribution in [0.2, 0.25) is 0 Å². The van der Waals surface area contributed by atoms with E-state index in [0.29, 0.717) is 24.8 Å². The average molecular weight is 252 g/mol. The number of nitrogens with one attached hydrogen (secondary N) is 1. The third kappa shape index (κ3) is 3.86. The van der Waals surface area contributed by atoms with Crippen LogP contribution >= 0.6 is 0 Å². The molecule has 4 nitrogen and oxygen atoms in total. The van der Waals surface area contributed by atoms with Crippen molar-refractivity contribution in [3.05, 3.63) is 12.7 Å². The summed E-state index contributed by atoms with van der Waals surface area (Å²) in [7, 11) is 0. The first kappa shape index (κ1) is 14.7. The summed E-state index contributed by atoms with van der Waals surface area (Å²) in [5.74, 6) is 0.0300. The molecule has 1 aliphatic carbocycles. The standard InChI is InChI=1S/C14H24N2O2/c1-4-6-11(13(15)17)12(14(18)16-5-2)8-10-7-9(10)3/h4,9-12H,1,5-8H2,2-3H3,(H2,15,17)(H,16,18)/t9?,10?,11-,12?/m0/s1. The van der Waals surface area contributed by atoms with Crippen molar-refractivity contribution in [1.82, 2.24) is 5.32 Å². The SMILES string of the molecule is C=CC[C@H](C(N)=O)C(CC1CC1C)C(=O)NCC. The summed E-state index contributed by atoms with van der Waals surface area (Å²) in [4.78, 5) is 23.6. The van der Waals surface area contributed by atoms with Gasteiger partial charge in [0.15, 0.2) is 0 Å². The molecule has 1 rings (SSSR count). The molecular formula is C14H24N2O2. The van der Waals surface area contributed by atoms with Crippen molar-refractivity contribution in [2.75, 3.05) is 6.54 Å². The maximum absolute atomic E-state index is 12.1. The van der Waals surface area contributed by atoms with E-state index in [1.807, 2.05) is 6.92 Å². The zero-order valence-corrected chi connectivity index (χ0v) is 11.3. The van der Waals surface area contributed by atoms with E-state index in [1.165, 1.54) is 0 Å². The maximum atomic E-state index is 12.1. The number of allylic oxidation sites excluding steroid dienone is 1. The summed E-state index contributed by atoms with van der Waals surface area (Å²) >= 11 is 0. The van der Waals surface area contributed by atoms with Gasteiger partial charge >= 0.3 is 0 Å². The predicted molar refractivity (Wildman–Crippen MR) is 71.6 cm³/mol. The highest BCUT2D eigenvalue weighted by molar-refractivity contribution is 5.87. The number of hydrogen-bond acceptors (Lipinski definition) is 2. The third-order valence-electron chi connectivity index (χ3n) is 3.79. The Morgan fingerprint density at radius 1 is 1.50 bits per heavy atom. The Labute approximate surface area is 109 Å². The van der Waals surface area contributed by atoms with Crippen LogP contribution in [0.5, 0.6) is 0 Å². The molecule has 0 radical (unpaired) electrons. The third-order valence-corrected chi connectivity index (χ3v) is 3.79. The minimum absolute atomic E-state index is 0.0535. The number of carbonyl (C=O) groups is 2. The number of primary amides is 1. The van der Waals surface area contributed by atoms with Gasteiger partial charge in [0.25, 0.3) is 0 Å². The van der Waals surface area contributed by atoms with Crippen LogP contribution in [0.1, 0.15) is 33.1 Å². The van der Waals surface area contributed by atoms with E-state index in [9.17, 15) is 9.59 Å². The maximum Gasteiger partial charge on any atom is 0.223 e. The van der Waals surface area contributed by atoms with Gasteiger partial charge < -0.3 is 11.1 Å². The Hall–Kier alpha value is -1.32. The van der Waals surface area contributed by atoms with E-state index in [1.54, 1.807) is 6.08 Å². The van der Waals surface area contributed by atoms with Crippen molar-refractivity contribution in [3.8, 4) is 0 Å². The highest BCUT2D eigenvalue weighted by atomic mass is 16.2. The van der Waals surface area contributed by atoms with E-state index < -0.39 is 11.8 Å². The second-order valence-corrected chi connectivity index (χ2v) is 5.24. The van der Waals surface area contributed by atoms with E-state index in [0.717, 1.165) is 12.8 Å². The second-order valence-electron chi connectivity index (χ2n) is 5.24. The lowest BCUT2D eigenvalue weighted by Crippen LogP contribution is -2.40. The first-order chi connectivity index (χ1) is 8.51. The molecule has 0 aromatic carbocycles. The van der Waals surface area contributed by atoms with E-state index >= 15 is 0 Å². The van der Waals surface area contributed by atoms with Gasteiger partial charge in [0.2, 0.25) is 11.8 Å². The number of rotatable bonds is 8. The molecule has 1 saturated carbocycles. The minimum atomic E-state index is -0.429. The molecule has 4 heteroatoms. The lowest BCUT2D eigenvalue weighted by atomic mass is 9.83. The molecular weight excluding hydrogens is 228 g/mol. The summed E-state index contributed by atoms with van der Waals surface area (Å²) < 4.78 is 0. The Morgan fingerprint density at radius 3 is 2.50 bits per heavy atom. The van der Waals surface area contributed by atoms with Gasteiger partial charge in [0, 0.05) is 6.54 Å². The smallest absolute Gasteiger partial charge is 0.223 e. The van der Waals surface area contributed by atoms with Crippen LogP contribution in [0.3, 0.4) is 0 Å². The normalized spacial score (nSPS) is 25.0. The molecule has 102 valence electrons. The molecule has 1 aliphatic rings. The van der Waals surface area contributed by atoms with Crippen LogP contribution in [0.15, 0.2) is 12.7 Å². The monoisotopic (exact) mass is 252 g/mol. The van der Waals surface area contributed by atoms with Crippen molar-refractivity contribution >= 4 is 11.8 Å². The summed E-state index contributed by atoms with van der Waals surface area (Å²) in [6.07, 6.45) is 4.04. The van der Waals surface area contributed by atoms with E-state index in [4.69, 9.17) is 5.73 Å². The first-order valence-electron chi connectivity index (χ1n) is 6.69. The van der Waals surface area contributed by atoms with Gasteiger partial charge in [0.1, 0.15) is 0 Å². The molecule has 3 unspecified atom stereocenters. The van der Waals surface area contributed by atoms with Gasteiger partial charge in [-0.25, -0.2) is 0 Å². The Balaban J connectivity index is 2.75. The molecule has 0 saturated heterocycles. The summed E-state index contributed by atoms with van der Waals surface area (Å²) in [5, 5.41) is 2.81. The number of amides is 2. The first-order valence-corrected chi connectivity index (χ1v) is 6.69. The van der Waals surface area contributed by atoms with E-state index in [-0.39, 0.29) is 11.8 Å². The molecule has 3 N–H and O–H groups in total. The van der Waals surface area contributed by atoms with Crippen molar-refractivity contribution in [2.24, 2.45) is 29.4 Å². The van der Waals surface area contributed by atoms with Crippen molar-refractivity contribution in [3.63, 3.8) is 0 Å². The van der Waals surface area contributed by atoms with Crippen LogP contribution in [-0.4, -0.2) is 18.4 Å². The fraction of sp³-hybridized carbons (Fsp3) is 0.714. The zero-order valence-electron chi connectivity index (χ0n) is 11.3. The molecule has 0 heterocycles. The zero-order chi connectivity index (χ0) is 13.7. The lowest BCUT2D eigenvalue weighted by molar-refractivity contribution is -0.133. The Bertz CT molecular complexity index is 328. The van der Waals surface area contributed by atoms with Crippen LogP contribution in [0.25, 0.3) is 0 Å². The fourth-order valence-corrected chi connectivity index (χ4v) is 2.47. The van der Waals surface area contributed by atoms with Crippen LogP contribution in [0, 0.1) is 23.7 Å². The van der Waals surface area contributed by atoms with Gasteiger partial charge in [-0.15, -0.1) is 6.58 Å². The lowest BCUT2D eigenvalue weighted by Gasteiger charge is -2.23. The highest BCUT2D eigenvalue weighted by Gasteiger charge is 2.40. The van der Waals surface area contributed by atoms with Crippen LogP contribution in [-0.2, 0) is 9.59 Å². The van der Waals surface area contributed by atoms with Gasteiger partial charge in [-0.3, -0.25) is 9.59 Å². The van der Waals surface area contributed by atoms with Crippen molar-refractivity contribution in [2.45, 2.75) is 33.1 Å². The largest absolute Gasteiger partial charge is 0.369 e. The summed E-state index contributed by atoms with van der Waals surface area (Å²) in [5.41, 5.74) is 5.42. The molecule has 4 atom stereocenters. The number of carbonyl (C=O) groups excluding carboxylic acids is 2. The number of nitrogens with two attached hydrogens (primary N) is 1. The van der Waals surface area contributed by atoms with Gasteiger partial charge in [0.05, 0.1) is 11.8 Å². The Kier molecular flexibility index (Phi) is 5.38. The molecule has 0 aromatic rings. The van der Waals surface area contributed by atoms with Gasteiger partial charge in [-0.05, 0) is 38.0 Å². The molecule has 0 bridgehead atoms. The molecule has 0 aliphatic heterocycles. The molecule has 18 heavy (non-hydrogen) atoms. The second kappa shape index (κ2) is 6.57. The van der Waals surface area contributed by atoms with Gasteiger partial charge in [-0.1, -0.05) is 13.0 Å². The Morgan fingerprint density at radius 2 is 2.11 bits per heavy atom. The molecule has 1 fully saturated rings. The molecule has 0 spiro atoms. The van der Waals surface area contributed by atoms with Crippen molar-refractivity contribution in [1.29, 1.82) is 0 Å². The van der Waals surface area contributed by atoms with Crippen LogP contribution < -0.4 is 11.1 Å². The average Bonchev–Trinajstić information content (AvgIpc) is 2.99. The van der Waals surface area contributed by atoms with Crippen LogP contribution in [0.4, 0.5) is 0 Å². The van der Waals surface area contributed by atoms with Crippen molar-refractivity contribution < 1.29 is 9.59 Å². The predicted octanol–water partition coefficient (Wildman–Crippen LogP) is 1.46. The fourth-order valence-electron chi connectivity index (χ4n) is 2.47. The molecule has 0 aromatic heterocycles.